The van der Waals surface area contributed by atoms with Gasteiger partial charge in [-0.1, -0.05) is 6.42 Å². The largest absolute Gasteiger partial charge is 0.393 e. The molecule has 0 aromatic carbocycles. The Morgan fingerprint density at radius 2 is 2.27 bits per heavy atom. The summed E-state index contributed by atoms with van der Waals surface area (Å²) in [6.07, 6.45) is 3.82. The fourth-order valence-electron chi connectivity index (χ4n) is 1.99. The summed E-state index contributed by atoms with van der Waals surface area (Å²) in [5.41, 5.74) is 10.5. The van der Waals surface area contributed by atoms with Crippen LogP contribution in [0, 0.1) is 5.92 Å². The van der Waals surface area contributed by atoms with Gasteiger partial charge in [0.15, 0.2) is 0 Å². The van der Waals surface area contributed by atoms with Crippen LogP contribution in [-0.2, 0) is 4.79 Å². The van der Waals surface area contributed by atoms with E-state index in [1.54, 1.807) is 0 Å². The highest BCUT2D eigenvalue weighted by Crippen LogP contribution is 2.23. The standard InChI is InChI=1S/C10H21N3O2/c11-9(10(12)15)6-13-5-7-2-1-3-8(14)4-7/h7-9,13-14H,1-6,11H2,(H2,12,15). The number of hydrogen-bond donors (Lipinski definition) is 4. The average Bonchev–Trinajstić information content (AvgIpc) is 2.17. The molecule has 0 aromatic rings. The van der Waals surface area contributed by atoms with Crippen molar-refractivity contribution in [2.75, 3.05) is 13.1 Å². The Kier molecular flexibility index (Phi) is 5.01. The van der Waals surface area contributed by atoms with Crippen molar-refractivity contribution in [2.24, 2.45) is 17.4 Å². The second-order valence-corrected chi connectivity index (χ2v) is 4.35. The Morgan fingerprint density at radius 3 is 2.87 bits per heavy atom. The number of nitrogens with one attached hydrogen (secondary N) is 1. The van der Waals surface area contributed by atoms with E-state index >= 15 is 0 Å². The molecule has 0 spiro atoms. The Morgan fingerprint density at radius 1 is 1.53 bits per heavy atom. The van der Waals surface area contributed by atoms with Crippen LogP contribution < -0.4 is 16.8 Å². The number of rotatable bonds is 5. The minimum absolute atomic E-state index is 0.157. The molecule has 1 fully saturated rings. The SMILES string of the molecule is NC(=O)C(N)CNCC1CCCC(O)C1. The molecule has 1 saturated carbocycles. The van der Waals surface area contributed by atoms with Gasteiger partial charge in [-0.2, -0.15) is 0 Å². The molecule has 0 heterocycles. The van der Waals surface area contributed by atoms with Gasteiger partial charge in [-0.25, -0.2) is 0 Å². The third-order valence-electron chi connectivity index (χ3n) is 2.92. The zero-order valence-corrected chi connectivity index (χ0v) is 8.98. The summed E-state index contributed by atoms with van der Waals surface area (Å²) in [5.74, 6) is 0.0139. The maximum atomic E-state index is 10.7. The molecule has 0 saturated heterocycles. The molecule has 0 aromatic heterocycles. The molecule has 0 bridgehead atoms. The summed E-state index contributed by atoms with van der Waals surface area (Å²) in [6, 6.07) is -0.612. The quantitative estimate of drug-likeness (QED) is 0.469. The first-order valence-corrected chi connectivity index (χ1v) is 5.53. The van der Waals surface area contributed by atoms with Crippen LogP contribution in [0.2, 0.25) is 0 Å². The van der Waals surface area contributed by atoms with Crippen molar-refractivity contribution in [3.8, 4) is 0 Å². The zero-order chi connectivity index (χ0) is 11.3. The first kappa shape index (κ1) is 12.4. The van der Waals surface area contributed by atoms with Crippen LogP contribution in [0.15, 0.2) is 0 Å². The fourth-order valence-corrected chi connectivity index (χ4v) is 1.99. The molecule has 15 heavy (non-hydrogen) atoms. The molecule has 0 radical (unpaired) electrons. The van der Waals surface area contributed by atoms with Gasteiger partial charge in [0.2, 0.25) is 5.91 Å². The van der Waals surface area contributed by atoms with E-state index in [-0.39, 0.29) is 6.10 Å². The van der Waals surface area contributed by atoms with E-state index in [9.17, 15) is 9.90 Å². The van der Waals surface area contributed by atoms with E-state index in [1.807, 2.05) is 0 Å². The highest BCUT2D eigenvalue weighted by molar-refractivity contribution is 5.79. The van der Waals surface area contributed by atoms with Crippen LogP contribution in [0.4, 0.5) is 0 Å². The van der Waals surface area contributed by atoms with Crippen LogP contribution >= 0.6 is 0 Å². The van der Waals surface area contributed by atoms with Gasteiger partial charge in [0.1, 0.15) is 0 Å². The van der Waals surface area contributed by atoms with Gasteiger partial charge in [-0.3, -0.25) is 4.79 Å². The number of aliphatic hydroxyl groups excluding tert-OH is 1. The number of primary amides is 1. The Hall–Kier alpha value is -0.650. The van der Waals surface area contributed by atoms with Crippen molar-refractivity contribution < 1.29 is 9.90 Å². The summed E-state index contributed by atoms with van der Waals surface area (Å²) >= 11 is 0. The lowest BCUT2D eigenvalue weighted by molar-refractivity contribution is -0.119. The van der Waals surface area contributed by atoms with Crippen LogP contribution in [0.1, 0.15) is 25.7 Å². The second kappa shape index (κ2) is 6.05. The summed E-state index contributed by atoms with van der Waals surface area (Å²) in [7, 11) is 0. The van der Waals surface area contributed by atoms with E-state index in [2.05, 4.69) is 5.32 Å². The first-order valence-electron chi connectivity index (χ1n) is 5.53. The third-order valence-corrected chi connectivity index (χ3v) is 2.92. The molecule has 88 valence electrons. The molecule has 3 atom stereocenters. The number of hydrogen-bond acceptors (Lipinski definition) is 4. The monoisotopic (exact) mass is 215 g/mol. The summed E-state index contributed by atoms with van der Waals surface area (Å²) in [5, 5.41) is 12.6. The van der Waals surface area contributed by atoms with E-state index in [0.29, 0.717) is 12.5 Å². The molecule has 5 nitrogen and oxygen atoms in total. The predicted octanol–water partition coefficient (Wildman–Crippen LogP) is -1.06. The van der Waals surface area contributed by atoms with E-state index in [0.717, 1.165) is 32.2 Å². The van der Waals surface area contributed by atoms with Gasteiger partial charge in [-0.15, -0.1) is 0 Å². The minimum Gasteiger partial charge on any atom is -0.393 e. The normalized spacial score (nSPS) is 28.7. The molecule has 1 aliphatic carbocycles. The summed E-state index contributed by atoms with van der Waals surface area (Å²) in [4.78, 5) is 10.7. The van der Waals surface area contributed by atoms with Gasteiger partial charge < -0.3 is 21.9 Å². The topological polar surface area (TPSA) is 101 Å². The molecule has 5 heteroatoms. The molecule has 1 amide bonds. The fraction of sp³-hybridized carbons (Fsp3) is 0.900. The number of carbonyl (C=O) groups excluding carboxylic acids is 1. The maximum absolute atomic E-state index is 10.7. The van der Waals surface area contributed by atoms with Gasteiger partial charge in [0.05, 0.1) is 12.1 Å². The maximum Gasteiger partial charge on any atom is 0.235 e. The molecule has 3 unspecified atom stereocenters. The third kappa shape index (κ3) is 4.59. The smallest absolute Gasteiger partial charge is 0.235 e. The lowest BCUT2D eigenvalue weighted by Gasteiger charge is -2.26. The number of aliphatic hydroxyl groups is 1. The molecule has 6 N–H and O–H groups in total. The molecular formula is C10H21N3O2. The van der Waals surface area contributed by atoms with Crippen molar-refractivity contribution in [3.05, 3.63) is 0 Å². The second-order valence-electron chi connectivity index (χ2n) is 4.35. The molecule has 0 aliphatic heterocycles. The van der Waals surface area contributed by atoms with Crippen molar-refractivity contribution >= 4 is 5.91 Å². The lowest BCUT2D eigenvalue weighted by Crippen LogP contribution is -2.45. The van der Waals surface area contributed by atoms with Crippen molar-refractivity contribution in [1.29, 1.82) is 0 Å². The highest BCUT2D eigenvalue weighted by atomic mass is 16.3. The lowest BCUT2D eigenvalue weighted by atomic mass is 9.87. The zero-order valence-electron chi connectivity index (χ0n) is 8.98. The minimum atomic E-state index is -0.612. The Balaban J connectivity index is 2.11. The molecular weight excluding hydrogens is 194 g/mol. The van der Waals surface area contributed by atoms with Crippen molar-refractivity contribution in [3.63, 3.8) is 0 Å². The van der Waals surface area contributed by atoms with Crippen LogP contribution in [0.3, 0.4) is 0 Å². The van der Waals surface area contributed by atoms with Gasteiger partial charge in [0.25, 0.3) is 0 Å². The van der Waals surface area contributed by atoms with Crippen LogP contribution in [0.5, 0.6) is 0 Å². The van der Waals surface area contributed by atoms with Gasteiger partial charge in [0, 0.05) is 6.54 Å². The van der Waals surface area contributed by atoms with E-state index in [1.165, 1.54) is 0 Å². The summed E-state index contributed by atoms with van der Waals surface area (Å²) in [6.45, 7) is 1.22. The van der Waals surface area contributed by atoms with Crippen LogP contribution in [-0.4, -0.2) is 36.2 Å². The number of amides is 1. The Bertz CT molecular complexity index is 211. The van der Waals surface area contributed by atoms with Gasteiger partial charge in [-0.05, 0) is 31.7 Å². The first-order chi connectivity index (χ1) is 7.09. The van der Waals surface area contributed by atoms with Crippen LogP contribution in [0.25, 0.3) is 0 Å². The predicted molar refractivity (Wildman–Crippen MR) is 58.0 cm³/mol. The van der Waals surface area contributed by atoms with E-state index < -0.39 is 11.9 Å². The summed E-state index contributed by atoms with van der Waals surface area (Å²) < 4.78 is 0. The number of nitrogens with two attached hydrogens (primary N) is 2. The Labute approximate surface area is 90.2 Å². The number of carbonyl (C=O) groups is 1. The van der Waals surface area contributed by atoms with Crippen molar-refractivity contribution in [1.82, 2.24) is 5.32 Å². The van der Waals surface area contributed by atoms with Crippen molar-refractivity contribution in [2.45, 2.75) is 37.8 Å². The average molecular weight is 215 g/mol. The molecule has 1 aliphatic rings. The highest BCUT2D eigenvalue weighted by Gasteiger charge is 2.20. The van der Waals surface area contributed by atoms with Gasteiger partial charge >= 0.3 is 0 Å². The molecule has 1 rings (SSSR count). The van der Waals surface area contributed by atoms with E-state index in [4.69, 9.17) is 11.5 Å².